The van der Waals surface area contributed by atoms with E-state index in [0.717, 1.165) is 11.3 Å². The van der Waals surface area contributed by atoms with Crippen molar-refractivity contribution in [1.82, 2.24) is 10.2 Å². The summed E-state index contributed by atoms with van der Waals surface area (Å²) in [5.41, 5.74) is -0.0288. The Labute approximate surface area is 159 Å². The Balaban J connectivity index is 2.72. The van der Waals surface area contributed by atoms with E-state index in [1.807, 2.05) is 0 Å². The van der Waals surface area contributed by atoms with Gasteiger partial charge in [-0.3, -0.25) is 19.2 Å². The highest BCUT2D eigenvalue weighted by Gasteiger charge is 2.21. The molecule has 130 valence electrons. The van der Waals surface area contributed by atoms with Crippen LogP contribution in [0.3, 0.4) is 0 Å². The molecule has 24 heavy (non-hydrogen) atoms. The quantitative estimate of drug-likeness (QED) is 0.176. The highest BCUT2D eigenvalue weighted by Crippen LogP contribution is 2.36. The number of nitrogens with zero attached hydrogens (tertiary/aromatic N) is 2. The van der Waals surface area contributed by atoms with Gasteiger partial charge in [0, 0.05) is 23.7 Å². The zero-order valence-electron chi connectivity index (χ0n) is 12.3. The second-order valence-electron chi connectivity index (χ2n) is 4.02. The first-order valence-corrected chi connectivity index (χ1v) is 11.2. The molecule has 0 aromatic carbocycles. The minimum Gasteiger partial charge on any atom is -0.293 e. The van der Waals surface area contributed by atoms with Gasteiger partial charge in [-0.25, -0.2) is 10.2 Å². The van der Waals surface area contributed by atoms with Gasteiger partial charge in [0.2, 0.25) is 0 Å². The van der Waals surface area contributed by atoms with Gasteiger partial charge in [-0.2, -0.15) is 5.26 Å². The van der Waals surface area contributed by atoms with Crippen molar-refractivity contribution < 1.29 is 14.0 Å². The molecule has 0 radical (unpaired) electrons. The summed E-state index contributed by atoms with van der Waals surface area (Å²) >= 11 is 7.27. The van der Waals surface area contributed by atoms with E-state index in [9.17, 15) is 14.7 Å². The molecule has 0 bridgehead atoms. The second-order valence-corrected chi connectivity index (χ2v) is 8.63. The van der Waals surface area contributed by atoms with Gasteiger partial charge in [0.05, 0.1) is 9.80 Å². The minimum atomic E-state index is -3.22. The lowest BCUT2D eigenvalue weighted by Gasteiger charge is -2.18. The molecule has 0 amide bonds. The monoisotopic (exact) mass is 498 g/mol. The Morgan fingerprint density at radius 2 is 2.00 bits per heavy atom. The Kier molecular flexibility index (Phi) is 9.71. The lowest BCUT2D eigenvalue weighted by molar-refractivity contribution is -0.380. The number of nitro groups is 1. The molecule has 0 saturated heterocycles. The molecule has 1 rings (SSSR count). The molecule has 8 nitrogen and oxygen atoms in total. The maximum Gasteiger partial charge on any atom is 0.343 e. The fourth-order valence-electron chi connectivity index (χ4n) is 1.43. The molecule has 1 aromatic heterocycles. The number of thiophene rings is 1. The fraction of sp³-hybridized carbons (Fsp3) is 0.417. The molecule has 0 aliphatic carbocycles. The van der Waals surface area contributed by atoms with Gasteiger partial charge in [-0.15, -0.1) is 0 Å². The second kappa shape index (κ2) is 11.0. The van der Waals surface area contributed by atoms with Crippen molar-refractivity contribution in [3.63, 3.8) is 0 Å². The molecular formula is C12H13Br2N4O4PS. The molecule has 0 spiro atoms. The first kappa shape index (κ1) is 21.3. The molecule has 2 N–H and O–H groups in total. The number of rotatable bonds is 9. The smallest absolute Gasteiger partial charge is 0.293 e. The summed E-state index contributed by atoms with van der Waals surface area (Å²) in [6.45, 7) is 0.765. The third-order valence-corrected chi connectivity index (χ3v) is 5.93. The van der Waals surface area contributed by atoms with Gasteiger partial charge in [0.1, 0.15) is 18.2 Å². The average Bonchev–Trinajstić information content (AvgIpc) is 2.99. The summed E-state index contributed by atoms with van der Waals surface area (Å²) < 4.78 is 17.7. The highest BCUT2D eigenvalue weighted by molar-refractivity contribution is 9.09. The number of nitrogens with one attached hydrogen (secondary N) is 2. The largest absolute Gasteiger partial charge is 0.343 e. The molecule has 0 aliphatic heterocycles. The summed E-state index contributed by atoms with van der Waals surface area (Å²) in [5, 5.41) is 26.2. The van der Waals surface area contributed by atoms with Crippen LogP contribution in [-0.4, -0.2) is 35.3 Å². The van der Waals surface area contributed by atoms with Crippen molar-refractivity contribution in [2.24, 2.45) is 0 Å². The number of nitriles is 1. The van der Waals surface area contributed by atoms with Crippen LogP contribution in [0.2, 0.25) is 0 Å². The van der Waals surface area contributed by atoms with Crippen molar-refractivity contribution in [1.29, 1.82) is 5.26 Å². The van der Waals surface area contributed by atoms with Gasteiger partial charge in [-0.1, -0.05) is 55.0 Å². The number of alkyl halides is 2. The van der Waals surface area contributed by atoms with Gasteiger partial charge in [-0.05, 0) is 6.07 Å². The van der Waals surface area contributed by atoms with Crippen molar-refractivity contribution in [3.8, 4) is 17.9 Å². The first-order chi connectivity index (χ1) is 11.5. The topological polar surface area (TPSA) is 117 Å². The van der Waals surface area contributed by atoms with Crippen LogP contribution in [-0.2, 0) is 9.09 Å². The normalized spacial score (nSPS) is 10.7. The lowest BCUT2D eigenvalue weighted by atomic mass is 10.3. The molecule has 1 aromatic rings. The predicted octanol–water partition coefficient (Wildman–Crippen LogP) is 2.97. The molecular weight excluding hydrogens is 487 g/mol. The molecule has 0 fully saturated rings. The maximum absolute atomic E-state index is 12.5. The van der Waals surface area contributed by atoms with Gasteiger partial charge < -0.3 is 0 Å². The summed E-state index contributed by atoms with van der Waals surface area (Å²) in [6.07, 6.45) is 0. The highest BCUT2D eigenvalue weighted by atomic mass is 79.9. The van der Waals surface area contributed by atoms with Crippen LogP contribution in [0.15, 0.2) is 6.07 Å². The van der Waals surface area contributed by atoms with E-state index >= 15 is 0 Å². The van der Waals surface area contributed by atoms with Crippen LogP contribution in [0, 0.1) is 33.3 Å². The Bertz CT molecular complexity index is 713. The van der Waals surface area contributed by atoms with E-state index in [1.54, 1.807) is 6.07 Å². The van der Waals surface area contributed by atoms with Crippen LogP contribution in [0.4, 0.5) is 5.00 Å². The van der Waals surface area contributed by atoms with E-state index in [4.69, 9.17) is 9.79 Å². The number of hydrogen-bond acceptors (Lipinski definition) is 6. The third-order valence-electron chi connectivity index (χ3n) is 2.36. The van der Waals surface area contributed by atoms with E-state index in [-0.39, 0.29) is 17.2 Å². The van der Waals surface area contributed by atoms with E-state index in [1.165, 1.54) is 6.07 Å². The minimum absolute atomic E-state index is 0.0288. The van der Waals surface area contributed by atoms with Crippen LogP contribution in [0.5, 0.6) is 0 Å². The van der Waals surface area contributed by atoms with Crippen molar-refractivity contribution in [2.75, 3.05) is 30.4 Å². The van der Waals surface area contributed by atoms with E-state index in [0.29, 0.717) is 28.6 Å². The standard InChI is InChI=1S/C12H13Br2N4O4PS/c13-3-5-16-23(21,17-6-4-14)22-7-1-2-11-8-10(9-15)12(24-11)18(19)20/h8H,3-7H2,(H2,16,17,21). The van der Waals surface area contributed by atoms with E-state index < -0.39 is 12.6 Å². The third kappa shape index (κ3) is 6.99. The molecule has 12 heteroatoms. The molecule has 1 heterocycles. The summed E-state index contributed by atoms with van der Waals surface area (Å²) in [6, 6.07) is 3.10. The molecule has 0 atom stereocenters. The zero-order chi connectivity index (χ0) is 18.0. The average molecular weight is 500 g/mol. The Morgan fingerprint density at radius 1 is 1.38 bits per heavy atom. The van der Waals surface area contributed by atoms with Crippen LogP contribution < -0.4 is 10.2 Å². The summed E-state index contributed by atoms with van der Waals surface area (Å²) in [5.74, 6) is 5.32. The summed E-state index contributed by atoms with van der Waals surface area (Å²) in [7, 11) is -3.22. The SMILES string of the molecule is N#Cc1cc(C#CCOP(=O)(NCCBr)NCCBr)sc1[N+](=O)[O-]. The lowest BCUT2D eigenvalue weighted by Crippen LogP contribution is -2.27. The fourth-order valence-corrected chi connectivity index (χ4v) is 4.59. The van der Waals surface area contributed by atoms with E-state index in [2.05, 4.69) is 53.9 Å². The molecule has 0 saturated carbocycles. The number of hydrogen-bond donors (Lipinski definition) is 2. The van der Waals surface area contributed by atoms with Crippen LogP contribution >= 0.6 is 50.9 Å². The van der Waals surface area contributed by atoms with Crippen molar-refractivity contribution in [2.45, 2.75) is 0 Å². The van der Waals surface area contributed by atoms with Crippen molar-refractivity contribution in [3.05, 3.63) is 26.6 Å². The predicted molar refractivity (Wildman–Crippen MR) is 99.7 cm³/mol. The Morgan fingerprint density at radius 3 is 2.46 bits per heavy atom. The first-order valence-electron chi connectivity index (χ1n) is 6.49. The number of halogens is 2. The zero-order valence-corrected chi connectivity index (χ0v) is 17.1. The van der Waals surface area contributed by atoms with Crippen LogP contribution in [0.25, 0.3) is 0 Å². The summed E-state index contributed by atoms with van der Waals surface area (Å²) in [4.78, 5) is 10.5. The van der Waals surface area contributed by atoms with Gasteiger partial charge in [0.15, 0.2) is 0 Å². The van der Waals surface area contributed by atoms with Crippen molar-refractivity contribution >= 4 is 55.9 Å². The Hall–Kier alpha value is -0.780. The molecule has 0 unspecified atom stereocenters. The van der Waals surface area contributed by atoms with Crippen LogP contribution in [0.1, 0.15) is 10.4 Å². The van der Waals surface area contributed by atoms with Gasteiger partial charge in [0.25, 0.3) is 0 Å². The molecule has 0 aliphatic rings. The maximum atomic E-state index is 12.5. The van der Waals surface area contributed by atoms with Gasteiger partial charge >= 0.3 is 12.7 Å².